The Labute approximate surface area is 160 Å². The number of anilines is 2. The molecule has 27 heavy (non-hydrogen) atoms. The van der Waals surface area contributed by atoms with Gasteiger partial charge in [-0.15, -0.1) is 0 Å². The molecule has 3 rings (SSSR count). The second-order valence-electron chi connectivity index (χ2n) is 6.49. The summed E-state index contributed by atoms with van der Waals surface area (Å²) in [6.45, 7) is 5.57. The van der Waals surface area contributed by atoms with Crippen LogP contribution >= 0.6 is 0 Å². The molecule has 0 amide bonds. The number of methoxy groups -OCH3 is 1. The first kappa shape index (κ1) is 18.7. The molecule has 0 saturated heterocycles. The highest BCUT2D eigenvalue weighted by Crippen LogP contribution is 2.18. The van der Waals surface area contributed by atoms with Gasteiger partial charge in [0.15, 0.2) is 0 Å². The minimum atomic E-state index is 0.637. The number of rotatable bonds is 8. The number of benzene rings is 2. The largest absolute Gasteiger partial charge is 0.496 e. The van der Waals surface area contributed by atoms with E-state index >= 15 is 0 Å². The van der Waals surface area contributed by atoms with Crippen LogP contribution in [0.5, 0.6) is 5.75 Å². The van der Waals surface area contributed by atoms with E-state index in [1.807, 2.05) is 43.3 Å². The summed E-state index contributed by atoms with van der Waals surface area (Å²) >= 11 is 0. The van der Waals surface area contributed by atoms with Crippen molar-refractivity contribution < 1.29 is 4.74 Å². The van der Waals surface area contributed by atoms with Crippen molar-refractivity contribution in [2.45, 2.75) is 26.8 Å². The van der Waals surface area contributed by atoms with Gasteiger partial charge >= 0.3 is 0 Å². The maximum atomic E-state index is 5.41. The van der Waals surface area contributed by atoms with Crippen LogP contribution in [-0.4, -0.2) is 23.6 Å². The third-order valence-corrected chi connectivity index (χ3v) is 4.45. The van der Waals surface area contributed by atoms with Gasteiger partial charge in [-0.05, 0) is 43.0 Å². The van der Waals surface area contributed by atoms with Crippen LogP contribution in [0, 0.1) is 13.8 Å². The van der Waals surface area contributed by atoms with Crippen molar-refractivity contribution in [3.05, 3.63) is 77.0 Å². The molecule has 2 N–H and O–H groups in total. The molecule has 0 aliphatic rings. The van der Waals surface area contributed by atoms with E-state index in [9.17, 15) is 0 Å². The highest BCUT2D eigenvalue weighted by molar-refractivity contribution is 5.43. The molecular formula is C22H26N4O. The number of para-hydroxylation sites is 1. The van der Waals surface area contributed by atoms with Crippen LogP contribution in [0.2, 0.25) is 0 Å². The molecule has 0 radical (unpaired) electrons. The lowest BCUT2D eigenvalue weighted by Crippen LogP contribution is -2.10. The van der Waals surface area contributed by atoms with Gasteiger partial charge in [-0.1, -0.05) is 42.5 Å². The number of nitrogens with one attached hydrogen (secondary N) is 2. The Morgan fingerprint density at radius 3 is 2.41 bits per heavy atom. The van der Waals surface area contributed by atoms with Crippen molar-refractivity contribution in [2.75, 3.05) is 24.3 Å². The topological polar surface area (TPSA) is 59.1 Å². The van der Waals surface area contributed by atoms with Gasteiger partial charge in [0.05, 0.1) is 7.11 Å². The Balaban J connectivity index is 1.60. The smallest absolute Gasteiger partial charge is 0.225 e. The highest BCUT2D eigenvalue weighted by atomic mass is 16.5. The predicted octanol–water partition coefficient (Wildman–Crippen LogP) is 4.37. The number of hydrogen-bond acceptors (Lipinski definition) is 5. The molecule has 1 aromatic heterocycles. The van der Waals surface area contributed by atoms with Crippen LogP contribution in [0.25, 0.3) is 0 Å². The summed E-state index contributed by atoms with van der Waals surface area (Å²) in [6.07, 6.45) is 0.860. The second-order valence-corrected chi connectivity index (χ2v) is 6.49. The Hall–Kier alpha value is -3.08. The fourth-order valence-electron chi connectivity index (χ4n) is 2.96. The number of aromatic nitrogens is 2. The van der Waals surface area contributed by atoms with Gasteiger partial charge in [-0.25, -0.2) is 4.98 Å². The molecule has 0 aliphatic carbocycles. The Morgan fingerprint density at radius 1 is 0.889 bits per heavy atom. The lowest BCUT2D eigenvalue weighted by Gasteiger charge is -2.12. The fourth-order valence-corrected chi connectivity index (χ4v) is 2.96. The summed E-state index contributed by atoms with van der Waals surface area (Å²) in [4.78, 5) is 9.08. The Kier molecular flexibility index (Phi) is 6.26. The van der Waals surface area contributed by atoms with Gasteiger partial charge < -0.3 is 15.4 Å². The molecule has 2 aromatic carbocycles. The molecule has 5 heteroatoms. The van der Waals surface area contributed by atoms with Crippen molar-refractivity contribution in [1.82, 2.24) is 9.97 Å². The SMILES string of the molecule is COc1ccccc1CCNc1cc(C)nc(NCc2ccccc2C)n1. The second kappa shape index (κ2) is 9.03. The number of aryl methyl sites for hydroxylation is 2. The predicted molar refractivity (Wildman–Crippen MR) is 110 cm³/mol. The minimum Gasteiger partial charge on any atom is -0.496 e. The molecule has 0 spiro atoms. The van der Waals surface area contributed by atoms with Crippen LogP contribution in [0.4, 0.5) is 11.8 Å². The summed E-state index contributed by atoms with van der Waals surface area (Å²) in [7, 11) is 1.70. The normalized spacial score (nSPS) is 10.5. The lowest BCUT2D eigenvalue weighted by atomic mass is 10.1. The van der Waals surface area contributed by atoms with Gasteiger partial charge in [0.1, 0.15) is 11.6 Å². The third kappa shape index (κ3) is 5.20. The van der Waals surface area contributed by atoms with Crippen LogP contribution in [0.3, 0.4) is 0 Å². The van der Waals surface area contributed by atoms with E-state index in [1.165, 1.54) is 16.7 Å². The Bertz CT molecular complexity index is 895. The van der Waals surface area contributed by atoms with E-state index in [1.54, 1.807) is 7.11 Å². The molecule has 0 bridgehead atoms. The summed E-state index contributed by atoms with van der Waals surface area (Å²) in [5.41, 5.74) is 4.61. The van der Waals surface area contributed by atoms with Crippen molar-refractivity contribution in [3.63, 3.8) is 0 Å². The van der Waals surface area contributed by atoms with Crippen molar-refractivity contribution >= 4 is 11.8 Å². The van der Waals surface area contributed by atoms with Crippen LogP contribution in [0.15, 0.2) is 54.6 Å². The molecule has 140 valence electrons. The summed E-state index contributed by atoms with van der Waals surface area (Å²) < 4.78 is 5.41. The van der Waals surface area contributed by atoms with E-state index in [-0.39, 0.29) is 0 Å². The highest BCUT2D eigenvalue weighted by Gasteiger charge is 2.05. The van der Waals surface area contributed by atoms with Crippen molar-refractivity contribution in [1.29, 1.82) is 0 Å². The van der Waals surface area contributed by atoms with E-state index in [2.05, 4.69) is 45.7 Å². The molecule has 0 aliphatic heterocycles. The van der Waals surface area contributed by atoms with Crippen LogP contribution in [0.1, 0.15) is 22.4 Å². The van der Waals surface area contributed by atoms with Gasteiger partial charge in [-0.2, -0.15) is 4.98 Å². The number of hydrogen-bond donors (Lipinski definition) is 2. The average Bonchev–Trinajstić information content (AvgIpc) is 2.67. The molecule has 5 nitrogen and oxygen atoms in total. The van der Waals surface area contributed by atoms with E-state index in [0.29, 0.717) is 12.5 Å². The van der Waals surface area contributed by atoms with Gasteiger partial charge in [0.2, 0.25) is 5.95 Å². The maximum absolute atomic E-state index is 5.41. The molecule has 0 fully saturated rings. The number of nitrogens with zero attached hydrogens (tertiary/aromatic N) is 2. The zero-order chi connectivity index (χ0) is 19.1. The molecule has 1 heterocycles. The monoisotopic (exact) mass is 362 g/mol. The van der Waals surface area contributed by atoms with Crippen molar-refractivity contribution in [3.8, 4) is 5.75 Å². The fraction of sp³-hybridized carbons (Fsp3) is 0.273. The number of ether oxygens (including phenoxy) is 1. The zero-order valence-electron chi connectivity index (χ0n) is 16.1. The van der Waals surface area contributed by atoms with Crippen LogP contribution < -0.4 is 15.4 Å². The van der Waals surface area contributed by atoms with E-state index in [0.717, 1.165) is 30.2 Å². The summed E-state index contributed by atoms with van der Waals surface area (Å²) in [6, 6.07) is 18.4. The first-order chi connectivity index (χ1) is 13.2. The summed E-state index contributed by atoms with van der Waals surface area (Å²) in [5.74, 6) is 2.38. The standard InChI is InChI=1S/C22H26N4O/c1-16-8-4-5-10-19(16)15-24-22-25-17(2)14-21(26-22)23-13-12-18-9-6-7-11-20(18)27-3/h4-11,14H,12-13,15H2,1-3H3,(H2,23,24,25,26). The van der Waals surface area contributed by atoms with Gasteiger partial charge in [0, 0.05) is 24.8 Å². The van der Waals surface area contributed by atoms with E-state index < -0.39 is 0 Å². The van der Waals surface area contributed by atoms with E-state index in [4.69, 9.17) is 4.74 Å². The average molecular weight is 362 g/mol. The molecular weight excluding hydrogens is 336 g/mol. The molecule has 3 aromatic rings. The first-order valence-corrected chi connectivity index (χ1v) is 9.15. The molecule has 0 unspecified atom stereocenters. The molecule has 0 atom stereocenters. The van der Waals surface area contributed by atoms with Crippen molar-refractivity contribution in [2.24, 2.45) is 0 Å². The maximum Gasteiger partial charge on any atom is 0.225 e. The first-order valence-electron chi connectivity index (χ1n) is 9.15. The molecule has 0 saturated carbocycles. The third-order valence-electron chi connectivity index (χ3n) is 4.45. The quantitative estimate of drug-likeness (QED) is 0.623. The van der Waals surface area contributed by atoms with Gasteiger partial charge in [-0.3, -0.25) is 0 Å². The Morgan fingerprint density at radius 2 is 1.63 bits per heavy atom. The minimum absolute atomic E-state index is 0.637. The zero-order valence-corrected chi connectivity index (χ0v) is 16.1. The van der Waals surface area contributed by atoms with Gasteiger partial charge in [0.25, 0.3) is 0 Å². The van der Waals surface area contributed by atoms with Crippen LogP contribution in [-0.2, 0) is 13.0 Å². The summed E-state index contributed by atoms with van der Waals surface area (Å²) in [5, 5.41) is 6.72. The lowest BCUT2D eigenvalue weighted by molar-refractivity contribution is 0.410.